The van der Waals surface area contributed by atoms with E-state index in [0.717, 1.165) is 70.9 Å². The summed E-state index contributed by atoms with van der Waals surface area (Å²) in [4.78, 5) is 103. The molecule has 4 aromatic rings. The fourth-order valence-corrected chi connectivity index (χ4v) is 10.6. The predicted molar refractivity (Wildman–Crippen MR) is 307 cm³/mol. The van der Waals surface area contributed by atoms with Gasteiger partial charge < -0.3 is 86.7 Å². The minimum atomic E-state index is -2.28. The van der Waals surface area contributed by atoms with Crippen molar-refractivity contribution in [2.24, 2.45) is 5.92 Å². The van der Waals surface area contributed by atoms with Crippen LogP contribution < -0.4 is 31.3 Å². The number of rotatable bonds is 17. The average molecular weight is 1180 g/mol. The molecule has 0 saturated carbocycles. The number of phenolic OH excluding ortho intramolecular Hbond substituents is 1. The molecule has 0 spiro atoms. The third-order valence-electron chi connectivity index (χ3n) is 15.5. The van der Waals surface area contributed by atoms with Crippen LogP contribution in [0.2, 0.25) is 0 Å². The van der Waals surface area contributed by atoms with Crippen LogP contribution >= 0.6 is 0 Å². The summed E-state index contributed by atoms with van der Waals surface area (Å²) in [6, 6.07) is 15.3. The van der Waals surface area contributed by atoms with E-state index in [0.29, 0.717) is 13.0 Å². The van der Waals surface area contributed by atoms with Gasteiger partial charge in [0.05, 0.1) is 31.0 Å². The number of phenols is 1. The van der Waals surface area contributed by atoms with Crippen molar-refractivity contribution in [1.29, 1.82) is 0 Å². The maximum Gasteiger partial charge on any atom is 0.251 e. The number of hydrogen-bond donors (Lipinski definition) is 13. The molecule has 3 saturated heterocycles. The SMILES string of the molecule is CCCCCOc1ccc(-c2ccc(-c3ccc(C(=O)N[C@H]4C[C@@H](O)[C@@H](OCCC)NC(=O)[C@@H]5[C@@H](O)[C@@H](C)CN5C(=O)[C@H]([C@@H](C)O)NC(=O)[C@H]([C@H](O)[C@@H](O)c5ccc(O)cc5)NC(=O)[C@@H]5C[C@@H](O)CN5C(=O)[C@H]([C@@H](C)O)NC4=O)cc3)cc2)cc1. The Hall–Kier alpha value is -7.55. The van der Waals surface area contributed by atoms with Crippen molar-refractivity contribution in [2.75, 3.05) is 26.3 Å². The van der Waals surface area contributed by atoms with Gasteiger partial charge in [-0.05, 0) is 90.9 Å². The van der Waals surface area contributed by atoms with Gasteiger partial charge in [0.15, 0.2) is 6.23 Å². The first-order chi connectivity index (χ1) is 40.5. The van der Waals surface area contributed by atoms with Gasteiger partial charge in [0.25, 0.3) is 5.91 Å². The predicted octanol–water partition coefficient (Wildman–Crippen LogP) is 0.507. The zero-order valence-electron chi connectivity index (χ0n) is 48.1. The van der Waals surface area contributed by atoms with Crippen LogP contribution in [-0.2, 0) is 33.5 Å². The molecule has 15 atom stereocenters. The topological polar surface area (TPSA) is 366 Å². The van der Waals surface area contributed by atoms with Crippen LogP contribution in [0.25, 0.3) is 22.3 Å². The summed E-state index contributed by atoms with van der Waals surface area (Å²) in [6.45, 7) is 7.27. The summed E-state index contributed by atoms with van der Waals surface area (Å²) in [6.07, 6.45) is -12.2. The lowest BCUT2D eigenvalue weighted by Crippen LogP contribution is -2.64. The van der Waals surface area contributed by atoms with E-state index in [1.54, 1.807) is 19.1 Å². The number of carbonyl (C=O) groups excluding carboxylic acids is 7. The molecule has 4 aromatic carbocycles. The highest BCUT2D eigenvalue weighted by atomic mass is 16.5. The lowest BCUT2D eigenvalue weighted by Gasteiger charge is -2.34. The second kappa shape index (κ2) is 29.5. The van der Waals surface area contributed by atoms with Crippen LogP contribution in [0, 0.1) is 5.92 Å². The molecule has 24 heteroatoms. The van der Waals surface area contributed by atoms with Crippen LogP contribution in [0.3, 0.4) is 0 Å². The quantitative estimate of drug-likeness (QED) is 0.0641. The second-order valence-electron chi connectivity index (χ2n) is 22.1. The van der Waals surface area contributed by atoms with Crippen molar-refractivity contribution in [2.45, 2.75) is 158 Å². The van der Waals surface area contributed by atoms with Crippen molar-refractivity contribution in [3.05, 3.63) is 108 Å². The monoisotopic (exact) mass is 1180 g/mol. The Morgan fingerprint density at radius 2 is 1.16 bits per heavy atom. The standard InChI is InChI=1S/C61H79N7O17/c1-6-8-9-27-84-43-24-20-38(21-25-43)36-12-10-35(11-13-36)37-14-16-40(17-15-37)54(77)62-44-29-46(73)59(85-26-7-2)66-58(81)50-51(74)32(3)30-68(50)61(83)48(34(5)70)64-57(80)49(53(76)52(75)39-18-22-41(71)23-19-39)65-56(79)45-28-42(72)31-67(45)60(82)47(33(4)69)63-55(44)78/h10-25,32-34,42,44-53,59,69-76H,6-9,26-31H2,1-5H3,(H,62,77)(H,63,78)(H,64,80)(H,65,79)(H,66,81)/t32-,33+,34+,42+,44-,45-,46+,47-,48-,49-,50-,51-,52-,53-,59+/m0/s1. The molecule has 3 heterocycles. The lowest BCUT2D eigenvalue weighted by atomic mass is 9.96. The number of ether oxygens (including phenoxy) is 2. The van der Waals surface area contributed by atoms with Crippen molar-refractivity contribution < 1.29 is 83.9 Å². The number of aromatic hydroxyl groups is 1. The molecule has 0 aromatic heterocycles. The smallest absolute Gasteiger partial charge is 0.251 e. The number of nitrogens with zero attached hydrogens (tertiary/aromatic N) is 2. The third-order valence-corrected chi connectivity index (χ3v) is 15.5. The molecule has 0 bridgehead atoms. The van der Waals surface area contributed by atoms with Crippen LogP contribution in [0.15, 0.2) is 97.1 Å². The van der Waals surface area contributed by atoms with E-state index in [4.69, 9.17) is 9.47 Å². The molecule has 7 rings (SSSR count). The number of carbonyl (C=O) groups is 7. The molecule has 13 N–H and O–H groups in total. The van der Waals surface area contributed by atoms with Crippen LogP contribution in [0.1, 0.15) is 95.2 Å². The van der Waals surface area contributed by atoms with Crippen molar-refractivity contribution >= 4 is 41.4 Å². The van der Waals surface area contributed by atoms with Gasteiger partial charge in [-0.2, -0.15) is 0 Å². The fraction of sp³-hybridized carbons (Fsp3) is 0.492. The summed E-state index contributed by atoms with van der Waals surface area (Å²) in [7, 11) is 0. The van der Waals surface area contributed by atoms with Gasteiger partial charge in [0.2, 0.25) is 35.4 Å². The Morgan fingerprint density at radius 1 is 0.624 bits per heavy atom. The summed E-state index contributed by atoms with van der Waals surface area (Å²) < 4.78 is 11.8. The van der Waals surface area contributed by atoms with Gasteiger partial charge in [-0.15, -0.1) is 0 Å². The van der Waals surface area contributed by atoms with Crippen LogP contribution in [0.5, 0.6) is 11.5 Å². The zero-order valence-corrected chi connectivity index (χ0v) is 48.1. The van der Waals surface area contributed by atoms with E-state index in [9.17, 15) is 74.4 Å². The average Bonchev–Trinajstić information content (AvgIpc) is 3.51. The van der Waals surface area contributed by atoms with Gasteiger partial charge >= 0.3 is 0 Å². The van der Waals surface area contributed by atoms with Crippen LogP contribution in [-0.4, -0.2) is 197 Å². The molecule has 0 radical (unpaired) electrons. The van der Waals surface area contributed by atoms with Gasteiger partial charge in [-0.25, -0.2) is 0 Å². The van der Waals surface area contributed by atoms with E-state index >= 15 is 0 Å². The number of aliphatic hydroxyl groups excluding tert-OH is 7. The van der Waals surface area contributed by atoms with Crippen molar-refractivity contribution in [1.82, 2.24) is 36.4 Å². The molecule has 3 aliphatic rings. The minimum Gasteiger partial charge on any atom is -0.508 e. The van der Waals surface area contributed by atoms with Gasteiger partial charge in [0, 0.05) is 44.0 Å². The largest absolute Gasteiger partial charge is 0.508 e. The molecule has 460 valence electrons. The number of unbranched alkanes of at least 4 members (excludes halogenated alkanes) is 2. The van der Waals surface area contributed by atoms with E-state index in [1.165, 1.54) is 43.3 Å². The van der Waals surface area contributed by atoms with Crippen molar-refractivity contribution in [3.63, 3.8) is 0 Å². The zero-order chi connectivity index (χ0) is 61.8. The Bertz CT molecular complexity index is 2930. The maximum absolute atomic E-state index is 14.7. The summed E-state index contributed by atoms with van der Waals surface area (Å²) in [5.74, 6) is -8.21. The molecule has 0 unspecified atom stereocenters. The molecule has 7 amide bonds. The Balaban J connectivity index is 1.21. The first-order valence-electron chi connectivity index (χ1n) is 28.8. The number of hydrogen-bond acceptors (Lipinski definition) is 17. The Labute approximate surface area is 492 Å². The van der Waals surface area contributed by atoms with Crippen molar-refractivity contribution in [3.8, 4) is 33.8 Å². The highest BCUT2D eigenvalue weighted by Crippen LogP contribution is 2.30. The third kappa shape index (κ3) is 16.1. The molecule has 24 nitrogen and oxygen atoms in total. The number of fused-ring (bicyclic) bond motifs is 2. The second-order valence-corrected chi connectivity index (χ2v) is 22.1. The summed E-state index contributed by atoms with van der Waals surface area (Å²) >= 11 is 0. The Morgan fingerprint density at radius 3 is 1.73 bits per heavy atom. The van der Waals surface area contributed by atoms with Gasteiger partial charge in [-0.1, -0.05) is 94.3 Å². The number of nitrogens with one attached hydrogen (secondary N) is 5. The molecule has 0 aliphatic carbocycles. The first-order valence-corrected chi connectivity index (χ1v) is 28.8. The highest BCUT2D eigenvalue weighted by Gasteiger charge is 2.50. The first kappa shape index (κ1) is 65.0. The molecule has 85 heavy (non-hydrogen) atoms. The van der Waals surface area contributed by atoms with E-state index in [-0.39, 0.29) is 30.0 Å². The maximum atomic E-state index is 14.7. The fourth-order valence-electron chi connectivity index (χ4n) is 10.6. The Kier molecular flexibility index (Phi) is 22.6. The lowest BCUT2D eigenvalue weighted by molar-refractivity contribution is -0.149. The summed E-state index contributed by atoms with van der Waals surface area (Å²) in [5, 5.41) is 102. The molecular weight excluding hydrogens is 1100 g/mol. The number of aliphatic hydroxyl groups is 7. The molecule has 3 fully saturated rings. The van der Waals surface area contributed by atoms with Gasteiger partial charge in [0.1, 0.15) is 66.1 Å². The van der Waals surface area contributed by atoms with E-state index in [2.05, 4.69) is 33.5 Å². The number of amides is 7. The minimum absolute atomic E-state index is 0.0498. The normalized spacial score (nSPS) is 27.0. The van der Waals surface area contributed by atoms with E-state index < -0.39 is 152 Å². The van der Waals surface area contributed by atoms with Gasteiger partial charge in [-0.3, -0.25) is 33.6 Å². The molecule has 3 aliphatic heterocycles. The van der Waals surface area contributed by atoms with E-state index in [1.807, 2.05) is 48.5 Å². The number of benzene rings is 4. The highest BCUT2D eigenvalue weighted by molar-refractivity contribution is 6.00. The summed E-state index contributed by atoms with van der Waals surface area (Å²) in [5.41, 5.74) is 3.49. The molecular formula is C61H79N7O17. The van der Waals surface area contributed by atoms with Crippen LogP contribution in [0.4, 0.5) is 0 Å².